The van der Waals surface area contributed by atoms with Crippen LogP contribution in [0.1, 0.15) is 18.4 Å². The maximum atomic E-state index is 11.9. The van der Waals surface area contributed by atoms with Crippen molar-refractivity contribution in [3.8, 4) is 0 Å². The summed E-state index contributed by atoms with van der Waals surface area (Å²) in [7, 11) is 0. The number of hydrogen-bond donors (Lipinski definition) is 2. The van der Waals surface area contributed by atoms with Gasteiger partial charge in [-0.25, -0.2) is 5.01 Å². The van der Waals surface area contributed by atoms with Crippen LogP contribution < -0.4 is 5.43 Å². The SMILES string of the molecule is O=C(CCCc1c[nH]c2ccccc12)NN1CCOCC1. The van der Waals surface area contributed by atoms with E-state index >= 15 is 0 Å². The summed E-state index contributed by atoms with van der Waals surface area (Å²) in [4.78, 5) is 15.2. The molecule has 5 nitrogen and oxygen atoms in total. The summed E-state index contributed by atoms with van der Waals surface area (Å²) in [6.07, 6.45) is 4.37. The van der Waals surface area contributed by atoms with Crippen LogP contribution in [0.3, 0.4) is 0 Å². The number of para-hydroxylation sites is 1. The van der Waals surface area contributed by atoms with Gasteiger partial charge < -0.3 is 9.72 Å². The summed E-state index contributed by atoms with van der Waals surface area (Å²) in [6.45, 7) is 2.92. The summed E-state index contributed by atoms with van der Waals surface area (Å²) in [5, 5.41) is 3.20. The lowest BCUT2D eigenvalue weighted by Crippen LogP contribution is -2.48. The van der Waals surface area contributed by atoms with Crippen LogP contribution in [-0.2, 0) is 16.0 Å². The van der Waals surface area contributed by atoms with Gasteiger partial charge in [-0.15, -0.1) is 0 Å². The van der Waals surface area contributed by atoms with E-state index in [1.807, 2.05) is 23.3 Å². The largest absolute Gasteiger partial charge is 0.379 e. The number of amides is 1. The average molecular weight is 287 g/mol. The number of fused-ring (bicyclic) bond motifs is 1. The van der Waals surface area contributed by atoms with E-state index in [1.54, 1.807) is 0 Å². The molecule has 2 N–H and O–H groups in total. The van der Waals surface area contributed by atoms with Crippen molar-refractivity contribution in [2.24, 2.45) is 0 Å². The molecule has 0 radical (unpaired) electrons. The van der Waals surface area contributed by atoms with Crippen molar-refractivity contribution in [3.63, 3.8) is 0 Å². The number of nitrogens with zero attached hydrogens (tertiary/aromatic N) is 1. The minimum Gasteiger partial charge on any atom is -0.379 e. The molecule has 1 aromatic carbocycles. The fourth-order valence-corrected chi connectivity index (χ4v) is 2.69. The molecular formula is C16H21N3O2. The molecular weight excluding hydrogens is 266 g/mol. The molecule has 0 unspecified atom stereocenters. The molecule has 0 saturated carbocycles. The first-order valence-electron chi connectivity index (χ1n) is 7.50. The van der Waals surface area contributed by atoms with E-state index in [0.29, 0.717) is 19.6 Å². The molecule has 0 aliphatic carbocycles. The van der Waals surface area contributed by atoms with Gasteiger partial charge in [0.05, 0.1) is 13.2 Å². The van der Waals surface area contributed by atoms with Gasteiger partial charge in [0.25, 0.3) is 0 Å². The standard InChI is InChI=1S/C16H21N3O2/c20-16(18-19-8-10-21-11-9-19)7-3-4-13-12-17-15-6-2-1-5-14(13)15/h1-2,5-6,12,17H,3-4,7-11H2,(H,18,20). The lowest BCUT2D eigenvalue weighted by atomic mass is 10.1. The number of ether oxygens (including phenoxy) is 1. The van der Waals surface area contributed by atoms with Gasteiger partial charge in [0.1, 0.15) is 0 Å². The predicted molar refractivity (Wildman–Crippen MR) is 81.8 cm³/mol. The van der Waals surface area contributed by atoms with Gasteiger partial charge in [-0.3, -0.25) is 10.2 Å². The molecule has 2 aromatic rings. The number of morpholine rings is 1. The van der Waals surface area contributed by atoms with Gasteiger partial charge in [-0.05, 0) is 24.5 Å². The van der Waals surface area contributed by atoms with E-state index in [-0.39, 0.29) is 5.91 Å². The lowest BCUT2D eigenvalue weighted by molar-refractivity contribution is -0.128. The Morgan fingerprint density at radius 2 is 2.10 bits per heavy atom. The van der Waals surface area contributed by atoms with Crippen molar-refractivity contribution in [1.29, 1.82) is 0 Å². The number of benzene rings is 1. The highest BCUT2D eigenvalue weighted by Crippen LogP contribution is 2.19. The van der Waals surface area contributed by atoms with Gasteiger partial charge >= 0.3 is 0 Å². The third-order valence-corrected chi connectivity index (χ3v) is 3.82. The minimum atomic E-state index is 0.0942. The first-order valence-corrected chi connectivity index (χ1v) is 7.50. The van der Waals surface area contributed by atoms with Crippen LogP contribution in [0.2, 0.25) is 0 Å². The van der Waals surface area contributed by atoms with Gasteiger partial charge in [0.2, 0.25) is 5.91 Å². The Kier molecular flexibility index (Phi) is 4.52. The Balaban J connectivity index is 1.46. The lowest BCUT2D eigenvalue weighted by Gasteiger charge is -2.26. The van der Waals surface area contributed by atoms with Crippen LogP contribution in [0.4, 0.5) is 0 Å². The van der Waals surface area contributed by atoms with Crippen molar-refractivity contribution < 1.29 is 9.53 Å². The number of hydrogen-bond acceptors (Lipinski definition) is 3. The molecule has 1 aromatic heterocycles. The summed E-state index contributed by atoms with van der Waals surface area (Å²) in [5.74, 6) is 0.0942. The summed E-state index contributed by atoms with van der Waals surface area (Å²) in [5.41, 5.74) is 5.38. The Hall–Kier alpha value is -1.85. The Morgan fingerprint density at radius 1 is 1.29 bits per heavy atom. The normalized spacial score (nSPS) is 16.2. The molecule has 1 saturated heterocycles. The Morgan fingerprint density at radius 3 is 2.95 bits per heavy atom. The maximum absolute atomic E-state index is 11.9. The Bertz CT molecular complexity index is 602. The summed E-state index contributed by atoms with van der Waals surface area (Å²) < 4.78 is 5.26. The molecule has 0 bridgehead atoms. The molecule has 0 atom stereocenters. The van der Waals surface area contributed by atoms with Crippen molar-refractivity contribution in [1.82, 2.24) is 15.4 Å². The number of H-pyrrole nitrogens is 1. The molecule has 21 heavy (non-hydrogen) atoms. The van der Waals surface area contributed by atoms with Gasteiger partial charge in [-0.1, -0.05) is 18.2 Å². The van der Waals surface area contributed by atoms with Crippen LogP contribution in [0.15, 0.2) is 30.5 Å². The quantitative estimate of drug-likeness (QED) is 0.882. The van der Waals surface area contributed by atoms with Crippen LogP contribution in [0, 0.1) is 0 Å². The van der Waals surface area contributed by atoms with Gasteiger partial charge in [0, 0.05) is 36.6 Å². The van der Waals surface area contributed by atoms with Crippen LogP contribution >= 0.6 is 0 Å². The molecule has 1 aliphatic rings. The molecule has 1 fully saturated rings. The fraction of sp³-hybridized carbons (Fsp3) is 0.438. The number of aryl methyl sites for hydroxylation is 1. The highest BCUT2D eigenvalue weighted by molar-refractivity contribution is 5.83. The number of carbonyl (C=O) groups is 1. The van der Waals surface area contributed by atoms with Gasteiger partial charge in [-0.2, -0.15) is 0 Å². The highest BCUT2D eigenvalue weighted by Gasteiger charge is 2.12. The number of nitrogens with one attached hydrogen (secondary N) is 2. The molecule has 1 amide bonds. The monoisotopic (exact) mass is 287 g/mol. The number of carbonyl (C=O) groups excluding carboxylic acids is 1. The summed E-state index contributed by atoms with van der Waals surface area (Å²) >= 11 is 0. The number of aromatic nitrogens is 1. The third-order valence-electron chi connectivity index (χ3n) is 3.82. The van der Waals surface area contributed by atoms with Crippen molar-refractivity contribution in [2.45, 2.75) is 19.3 Å². The zero-order chi connectivity index (χ0) is 14.5. The minimum absolute atomic E-state index is 0.0942. The number of aromatic amines is 1. The second kappa shape index (κ2) is 6.74. The van der Waals surface area contributed by atoms with Crippen molar-refractivity contribution in [2.75, 3.05) is 26.3 Å². The molecule has 112 valence electrons. The van der Waals surface area contributed by atoms with Gasteiger partial charge in [0.15, 0.2) is 0 Å². The summed E-state index contributed by atoms with van der Waals surface area (Å²) in [6, 6.07) is 8.27. The molecule has 3 rings (SSSR count). The fourth-order valence-electron chi connectivity index (χ4n) is 2.69. The molecule has 1 aliphatic heterocycles. The second-order valence-electron chi connectivity index (χ2n) is 5.35. The van der Waals surface area contributed by atoms with Crippen LogP contribution in [-0.4, -0.2) is 42.2 Å². The number of hydrazine groups is 1. The van der Waals surface area contributed by atoms with Crippen molar-refractivity contribution >= 4 is 16.8 Å². The van der Waals surface area contributed by atoms with E-state index in [0.717, 1.165) is 31.4 Å². The van der Waals surface area contributed by atoms with E-state index in [4.69, 9.17) is 4.74 Å². The van der Waals surface area contributed by atoms with E-state index in [2.05, 4.69) is 22.5 Å². The predicted octanol–water partition coefficient (Wildman–Crippen LogP) is 1.85. The molecule has 5 heteroatoms. The topological polar surface area (TPSA) is 57.4 Å². The molecule has 2 heterocycles. The van der Waals surface area contributed by atoms with Crippen molar-refractivity contribution in [3.05, 3.63) is 36.0 Å². The highest BCUT2D eigenvalue weighted by atomic mass is 16.5. The van der Waals surface area contributed by atoms with E-state index in [9.17, 15) is 4.79 Å². The van der Waals surface area contributed by atoms with E-state index < -0.39 is 0 Å². The maximum Gasteiger partial charge on any atom is 0.234 e. The van der Waals surface area contributed by atoms with Crippen LogP contribution in [0.25, 0.3) is 10.9 Å². The third kappa shape index (κ3) is 3.62. The first-order chi connectivity index (χ1) is 10.3. The second-order valence-corrected chi connectivity index (χ2v) is 5.35. The first kappa shape index (κ1) is 14.1. The van der Waals surface area contributed by atoms with Crippen LogP contribution in [0.5, 0.6) is 0 Å². The Labute approximate surface area is 124 Å². The number of rotatable bonds is 5. The average Bonchev–Trinajstić information content (AvgIpc) is 2.92. The smallest absolute Gasteiger partial charge is 0.234 e. The zero-order valence-electron chi connectivity index (χ0n) is 12.1. The zero-order valence-corrected chi connectivity index (χ0v) is 12.1. The molecule has 0 spiro atoms. The van der Waals surface area contributed by atoms with E-state index in [1.165, 1.54) is 10.9 Å².